The van der Waals surface area contributed by atoms with Gasteiger partial charge in [-0.15, -0.1) is 0 Å². The molecule has 2 aromatic rings. The molecule has 7 heteroatoms. The molecule has 0 aliphatic carbocycles. The third kappa shape index (κ3) is 2.70. The van der Waals surface area contributed by atoms with Crippen LogP contribution in [0.3, 0.4) is 0 Å². The van der Waals surface area contributed by atoms with E-state index >= 15 is 0 Å². The largest absolute Gasteiger partial charge is 0.393 e. The van der Waals surface area contributed by atoms with E-state index in [1.54, 1.807) is 13.3 Å². The lowest BCUT2D eigenvalue weighted by molar-refractivity contribution is 0.178. The Morgan fingerprint density at radius 1 is 1.17 bits per heavy atom. The minimum absolute atomic E-state index is 0.316. The summed E-state index contributed by atoms with van der Waals surface area (Å²) in [6.45, 7) is 2.52. The number of imidazole rings is 1. The van der Waals surface area contributed by atoms with Crippen molar-refractivity contribution in [1.29, 1.82) is 0 Å². The molecule has 0 radical (unpaired) electrons. The summed E-state index contributed by atoms with van der Waals surface area (Å²) in [6.07, 6.45) is 2.17. The Morgan fingerprint density at radius 2 is 1.78 bits per heavy atom. The Hall–Kier alpha value is 0.570. The number of fused-ring (bicyclic) bond motifs is 1. The van der Waals surface area contributed by atoms with Gasteiger partial charge in [-0.2, -0.15) is 0 Å². The number of aliphatic hydroxyl groups is 1. The number of nitrogens with zero attached hydrogens (tertiary/aromatic N) is 2. The lowest BCUT2D eigenvalue weighted by Crippen LogP contribution is -2.06. The van der Waals surface area contributed by atoms with Crippen LogP contribution in [0.1, 0.15) is 13.3 Å². The molecule has 0 fully saturated rings. The molecule has 18 heavy (non-hydrogen) atoms. The lowest BCUT2D eigenvalue weighted by atomic mass is 10.2. The number of aromatic nitrogens is 2. The molecule has 0 aliphatic heterocycles. The van der Waals surface area contributed by atoms with E-state index < -0.39 is 0 Å². The molecule has 0 aliphatic rings. The van der Waals surface area contributed by atoms with Crippen molar-refractivity contribution in [2.45, 2.75) is 26.0 Å². The first-order valence-corrected chi connectivity index (χ1v) is 8.45. The Balaban J connectivity index is 2.58. The molecule has 98 valence electrons. The molecule has 1 N–H and O–H groups in total. The quantitative estimate of drug-likeness (QED) is 0.478. The summed E-state index contributed by atoms with van der Waals surface area (Å²) in [5, 5.41) is 9.37. The van der Waals surface area contributed by atoms with Gasteiger partial charge >= 0.3 is 0 Å². The fraction of sp³-hybridized carbons (Fsp3) is 0.364. The molecule has 3 nitrogen and oxygen atoms in total. The van der Waals surface area contributed by atoms with Crippen LogP contribution in [0.2, 0.25) is 0 Å². The van der Waals surface area contributed by atoms with E-state index in [0.29, 0.717) is 6.42 Å². The van der Waals surface area contributed by atoms with Crippen LogP contribution in [0.25, 0.3) is 11.0 Å². The summed E-state index contributed by atoms with van der Waals surface area (Å²) in [4.78, 5) is 4.41. The third-order valence-corrected chi connectivity index (χ3v) is 7.35. The summed E-state index contributed by atoms with van der Waals surface area (Å²) in [5.74, 6) is 0. The molecular weight excluding hydrogens is 496 g/mol. The molecule has 1 aromatic carbocycles. The first-order valence-electron chi connectivity index (χ1n) is 5.28. The number of halogens is 4. The van der Waals surface area contributed by atoms with Gasteiger partial charge in [0, 0.05) is 15.5 Å². The zero-order valence-corrected chi connectivity index (χ0v) is 15.8. The number of rotatable bonds is 3. The SMILES string of the molecule is C[C@H](O)CCn1cnc2c(Br)c(Br)c(Br)c(Br)c21. The van der Waals surface area contributed by atoms with Crippen molar-refractivity contribution >= 4 is 74.8 Å². The third-order valence-electron chi connectivity index (χ3n) is 2.62. The topological polar surface area (TPSA) is 38.0 Å². The van der Waals surface area contributed by atoms with Crippen LogP contribution >= 0.6 is 63.7 Å². The highest BCUT2D eigenvalue weighted by atomic mass is 79.9. The normalized spacial score (nSPS) is 13.2. The number of hydrogen-bond donors (Lipinski definition) is 1. The summed E-state index contributed by atoms with van der Waals surface area (Å²) >= 11 is 14.2. The van der Waals surface area contributed by atoms with Crippen molar-refractivity contribution in [2.24, 2.45) is 0 Å². The van der Waals surface area contributed by atoms with E-state index in [2.05, 4.69) is 68.7 Å². The Kier molecular flexibility index (Phi) is 4.91. The predicted octanol–water partition coefficient (Wildman–Crippen LogP) is 4.86. The molecule has 0 spiro atoms. The van der Waals surface area contributed by atoms with E-state index in [1.807, 2.05) is 4.57 Å². The maximum atomic E-state index is 9.37. The molecule has 1 atom stereocenters. The van der Waals surface area contributed by atoms with Crippen molar-refractivity contribution in [2.75, 3.05) is 0 Å². The average molecular weight is 506 g/mol. The number of aryl methyl sites for hydroxylation is 1. The van der Waals surface area contributed by atoms with Crippen LogP contribution < -0.4 is 0 Å². The van der Waals surface area contributed by atoms with E-state index in [4.69, 9.17) is 0 Å². The number of benzene rings is 1. The smallest absolute Gasteiger partial charge is 0.105 e. The highest BCUT2D eigenvalue weighted by Crippen LogP contribution is 2.42. The fourth-order valence-electron chi connectivity index (χ4n) is 1.67. The minimum atomic E-state index is -0.316. The molecule has 0 amide bonds. The molecule has 0 saturated carbocycles. The molecule has 0 unspecified atom stereocenters. The van der Waals surface area contributed by atoms with Crippen molar-refractivity contribution < 1.29 is 5.11 Å². The standard InChI is InChI=1S/C11H10Br4N2O/c1-5(18)2-3-17-4-16-10-8(14)6(12)7(13)9(15)11(10)17/h4-5,18H,2-3H2,1H3/t5-/m0/s1. The van der Waals surface area contributed by atoms with Gasteiger partial charge in [0.25, 0.3) is 0 Å². The van der Waals surface area contributed by atoms with E-state index in [1.165, 1.54) is 0 Å². The Morgan fingerprint density at radius 3 is 2.39 bits per heavy atom. The van der Waals surface area contributed by atoms with Gasteiger partial charge in [0.15, 0.2) is 0 Å². The molecule has 0 saturated heterocycles. The summed E-state index contributed by atoms with van der Waals surface area (Å²) in [5.41, 5.74) is 1.90. The highest BCUT2D eigenvalue weighted by Gasteiger charge is 2.17. The Labute approximate surface area is 138 Å². The summed E-state index contributed by atoms with van der Waals surface area (Å²) < 4.78 is 5.79. The van der Waals surface area contributed by atoms with E-state index in [-0.39, 0.29) is 6.10 Å². The van der Waals surface area contributed by atoms with E-state index in [9.17, 15) is 5.11 Å². The maximum Gasteiger partial charge on any atom is 0.105 e. The first-order chi connectivity index (χ1) is 8.43. The highest BCUT2D eigenvalue weighted by molar-refractivity contribution is 9.15. The van der Waals surface area contributed by atoms with Crippen LogP contribution in [0.15, 0.2) is 24.2 Å². The van der Waals surface area contributed by atoms with Gasteiger partial charge in [-0.05, 0) is 77.1 Å². The second-order valence-corrected chi connectivity index (χ2v) is 7.20. The molecular formula is C11H10Br4N2O. The molecule has 0 bridgehead atoms. The summed E-state index contributed by atoms with van der Waals surface area (Å²) in [7, 11) is 0. The van der Waals surface area contributed by atoms with Crippen molar-refractivity contribution in [3.63, 3.8) is 0 Å². The van der Waals surface area contributed by atoms with Crippen LogP contribution in [-0.4, -0.2) is 20.8 Å². The Bertz CT molecular complexity index is 594. The maximum absolute atomic E-state index is 9.37. The average Bonchev–Trinajstić information content (AvgIpc) is 2.75. The zero-order chi connectivity index (χ0) is 13.4. The lowest BCUT2D eigenvalue weighted by Gasteiger charge is -2.10. The van der Waals surface area contributed by atoms with Crippen LogP contribution in [-0.2, 0) is 6.54 Å². The minimum Gasteiger partial charge on any atom is -0.393 e. The van der Waals surface area contributed by atoms with Gasteiger partial charge in [-0.1, -0.05) is 0 Å². The number of hydrogen-bond acceptors (Lipinski definition) is 2. The second-order valence-electron chi connectivity index (χ2n) is 4.03. The molecule has 2 rings (SSSR count). The fourth-order valence-corrected chi connectivity index (χ4v) is 4.08. The van der Waals surface area contributed by atoms with Gasteiger partial charge in [-0.3, -0.25) is 0 Å². The molecule has 1 aromatic heterocycles. The van der Waals surface area contributed by atoms with Gasteiger partial charge in [-0.25, -0.2) is 4.98 Å². The van der Waals surface area contributed by atoms with Gasteiger partial charge < -0.3 is 9.67 Å². The second kappa shape index (κ2) is 5.91. The summed E-state index contributed by atoms with van der Waals surface area (Å²) in [6, 6.07) is 0. The van der Waals surface area contributed by atoms with E-state index in [0.717, 1.165) is 35.5 Å². The van der Waals surface area contributed by atoms with Crippen LogP contribution in [0.4, 0.5) is 0 Å². The van der Waals surface area contributed by atoms with Crippen molar-refractivity contribution in [3.05, 3.63) is 24.2 Å². The van der Waals surface area contributed by atoms with Crippen molar-refractivity contribution in [3.8, 4) is 0 Å². The first kappa shape index (κ1) is 15.0. The zero-order valence-electron chi connectivity index (χ0n) is 9.42. The van der Waals surface area contributed by atoms with Gasteiger partial charge in [0.1, 0.15) is 5.52 Å². The van der Waals surface area contributed by atoms with Crippen LogP contribution in [0, 0.1) is 0 Å². The number of aliphatic hydroxyl groups excluding tert-OH is 1. The predicted molar refractivity (Wildman–Crippen MR) is 86.8 cm³/mol. The monoisotopic (exact) mass is 502 g/mol. The van der Waals surface area contributed by atoms with Gasteiger partial charge in [0.2, 0.25) is 0 Å². The van der Waals surface area contributed by atoms with Crippen molar-refractivity contribution in [1.82, 2.24) is 9.55 Å². The van der Waals surface area contributed by atoms with Crippen LogP contribution in [0.5, 0.6) is 0 Å². The molecule has 1 heterocycles. The van der Waals surface area contributed by atoms with Gasteiger partial charge in [0.05, 0.1) is 26.9 Å².